The molecule has 1 aliphatic heterocycles. The number of piperazine rings is 1. The highest BCUT2D eigenvalue weighted by atomic mass is 35.5. The molecule has 9 nitrogen and oxygen atoms in total. The van der Waals surface area contributed by atoms with E-state index in [1.165, 1.54) is 18.5 Å². The van der Waals surface area contributed by atoms with Gasteiger partial charge in [0.15, 0.2) is 5.78 Å². The van der Waals surface area contributed by atoms with Gasteiger partial charge in [0.25, 0.3) is 5.91 Å². The topological polar surface area (TPSA) is 108 Å². The molecule has 37 heavy (non-hydrogen) atoms. The molecule has 2 amide bonds. The number of anilines is 1. The third-order valence-corrected chi connectivity index (χ3v) is 6.09. The van der Waals surface area contributed by atoms with E-state index in [0.29, 0.717) is 54.6 Å². The molecule has 0 radical (unpaired) electrons. The van der Waals surface area contributed by atoms with E-state index in [4.69, 9.17) is 16.3 Å². The number of aromatic amines is 1. The molecule has 10 heteroatoms. The molecule has 0 aliphatic carbocycles. The molecule has 1 aromatic heterocycles. The average Bonchev–Trinajstić information content (AvgIpc) is 3.39. The first-order valence-electron chi connectivity index (χ1n) is 12.0. The molecule has 3 aromatic rings. The van der Waals surface area contributed by atoms with Gasteiger partial charge in [-0.25, -0.2) is 4.79 Å². The van der Waals surface area contributed by atoms with E-state index in [9.17, 15) is 14.4 Å². The fourth-order valence-corrected chi connectivity index (χ4v) is 4.19. The Labute approximate surface area is 220 Å². The molecule has 1 aliphatic rings. The quantitative estimate of drug-likeness (QED) is 0.457. The number of nitrogens with one attached hydrogen (secondary N) is 2. The van der Waals surface area contributed by atoms with Crippen LogP contribution in [-0.4, -0.2) is 69.6 Å². The van der Waals surface area contributed by atoms with Gasteiger partial charge in [0.1, 0.15) is 5.60 Å². The highest BCUT2D eigenvalue weighted by molar-refractivity contribution is 6.31. The number of amides is 2. The van der Waals surface area contributed by atoms with E-state index < -0.39 is 5.60 Å². The zero-order valence-corrected chi connectivity index (χ0v) is 21.8. The monoisotopic (exact) mass is 523 g/mol. The summed E-state index contributed by atoms with van der Waals surface area (Å²) in [5.41, 5.74) is 1.94. The smallest absolute Gasteiger partial charge is 0.410 e. The number of rotatable bonds is 6. The van der Waals surface area contributed by atoms with Crippen LogP contribution < -0.4 is 5.32 Å². The first-order valence-corrected chi connectivity index (χ1v) is 12.4. The van der Waals surface area contributed by atoms with Crippen LogP contribution >= 0.6 is 11.6 Å². The maximum atomic E-state index is 13.1. The molecular weight excluding hydrogens is 494 g/mol. The fraction of sp³-hybridized carbons (Fsp3) is 0.333. The summed E-state index contributed by atoms with van der Waals surface area (Å²) in [6, 6.07) is 12.1. The van der Waals surface area contributed by atoms with E-state index >= 15 is 0 Å². The van der Waals surface area contributed by atoms with Crippen LogP contribution in [0.1, 0.15) is 52.6 Å². The predicted molar refractivity (Wildman–Crippen MR) is 141 cm³/mol. The Hall–Kier alpha value is -3.69. The van der Waals surface area contributed by atoms with Crippen LogP contribution in [0.4, 0.5) is 10.5 Å². The van der Waals surface area contributed by atoms with Gasteiger partial charge in [0.2, 0.25) is 0 Å². The van der Waals surface area contributed by atoms with Crippen LogP contribution in [0.2, 0.25) is 5.02 Å². The Morgan fingerprint density at radius 1 is 1.05 bits per heavy atom. The lowest BCUT2D eigenvalue weighted by Gasteiger charge is -2.35. The van der Waals surface area contributed by atoms with Gasteiger partial charge in [-0.3, -0.25) is 19.6 Å². The minimum absolute atomic E-state index is 0.279. The summed E-state index contributed by atoms with van der Waals surface area (Å²) in [7, 11) is 0. The number of carbonyl (C=O) groups excluding carboxylic acids is 3. The highest BCUT2D eigenvalue weighted by Gasteiger charge is 2.26. The van der Waals surface area contributed by atoms with Crippen molar-refractivity contribution in [3.8, 4) is 0 Å². The summed E-state index contributed by atoms with van der Waals surface area (Å²) in [5.74, 6) is -0.633. The first kappa shape index (κ1) is 26.4. The summed E-state index contributed by atoms with van der Waals surface area (Å²) >= 11 is 6.12. The normalized spacial score (nSPS) is 14.3. The number of nitrogens with zero attached hydrogens (tertiary/aromatic N) is 3. The second kappa shape index (κ2) is 11.1. The second-order valence-electron chi connectivity index (χ2n) is 9.90. The number of hydrogen-bond donors (Lipinski definition) is 2. The number of H-pyrrole nitrogens is 1. The van der Waals surface area contributed by atoms with Crippen molar-refractivity contribution in [2.45, 2.75) is 32.9 Å². The van der Waals surface area contributed by atoms with Crippen molar-refractivity contribution in [3.63, 3.8) is 0 Å². The molecule has 4 rings (SSSR count). The van der Waals surface area contributed by atoms with Crippen molar-refractivity contribution in [3.05, 3.63) is 82.1 Å². The molecule has 0 spiro atoms. The van der Waals surface area contributed by atoms with Crippen LogP contribution in [0.5, 0.6) is 0 Å². The predicted octanol–water partition coefficient (Wildman–Crippen LogP) is 4.60. The van der Waals surface area contributed by atoms with Crippen molar-refractivity contribution in [1.29, 1.82) is 0 Å². The lowest BCUT2D eigenvalue weighted by Crippen LogP contribution is -2.49. The van der Waals surface area contributed by atoms with Gasteiger partial charge in [-0.2, -0.15) is 5.10 Å². The summed E-state index contributed by atoms with van der Waals surface area (Å²) < 4.78 is 5.46. The first-order chi connectivity index (χ1) is 17.6. The maximum Gasteiger partial charge on any atom is 0.410 e. The van der Waals surface area contributed by atoms with E-state index in [0.717, 1.165) is 5.56 Å². The maximum absolute atomic E-state index is 13.1. The number of carbonyl (C=O) groups is 3. The van der Waals surface area contributed by atoms with Gasteiger partial charge >= 0.3 is 6.09 Å². The Morgan fingerprint density at radius 3 is 2.49 bits per heavy atom. The van der Waals surface area contributed by atoms with Crippen molar-refractivity contribution in [2.75, 3.05) is 31.5 Å². The number of hydrogen-bond acceptors (Lipinski definition) is 6. The Bertz CT molecular complexity index is 1280. The van der Waals surface area contributed by atoms with Crippen LogP contribution in [0.15, 0.2) is 54.9 Å². The minimum atomic E-state index is -0.519. The number of ether oxygens (including phenoxy) is 1. The molecule has 0 unspecified atom stereocenters. The van der Waals surface area contributed by atoms with Crippen LogP contribution in [-0.2, 0) is 11.3 Å². The van der Waals surface area contributed by atoms with Crippen LogP contribution in [0.3, 0.4) is 0 Å². The van der Waals surface area contributed by atoms with Crippen molar-refractivity contribution >= 4 is 35.1 Å². The molecule has 0 atom stereocenters. The standard InChI is InChI=1S/C27H30ClN5O4/c1-27(2,3)37-26(36)33-11-9-32(10-12-33)17-18-5-4-6-19(13-18)25(35)31-23-8-7-21(28)14-22(23)24(34)20-15-29-30-16-20/h4-8,13-16H,9-12,17H2,1-3H3,(H,29,30)(H,31,35). The van der Waals surface area contributed by atoms with Gasteiger partial charge in [-0.15, -0.1) is 0 Å². The fourth-order valence-electron chi connectivity index (χ4n) is 4.02. The van der Waals surface area contributed by atoms with Gasteiger partial charge in [-0.05, 0) is 56.7 Å². The zero-order chi connectivity index (χ0) is 26.6. The number of aromatic nitrogens is 2. The third-order valence-electron chi connectivity index (χ3n) is 5.85. The van der Waals surface area contributed by atoms with Gasteiger partial charge in [0.05, 0.1) is 17.4 Å². The molecule has 2 heterocycles. The summed E-state index contributed by atoms with van der Waals surface area (Å²) in [5, 5.41) is 9.67. The molecule has 1 fully saturated rings. The highest BCUT2D eigenvalue weighted by Crippen LogP contribution is 2.24. The summed E-state index contributed by atoms with van der Waals surface area (Å²) in [6.45, 7) is 8.80. The lowest BCUT2D eigenvalue weighted by molar-refractivity contribution is 0.0139. The Kier molecular flexibility index (Phi) is 7.94. The van der Waals surface area contributed by atoms with E-state index in [-0.39, 0.29) is 23.3 Å². The molecule has 1 saturated heterocycles. The van der Waals surface area contributed by atoms with E-state index in [2.05, 4.69) is 20.4 Å². The minimum Gasteiger partial charge on any atom is -0.444 e. The average molecular weight is 524 g/mol. The summed E-state index contributed by atoms with van der Waals surface area (Å²) in [4.78, 5) is 42.3. The van der Waals surface area contributed by atoms with Crippen LogP contribution in [0, 0.1) is 0 Å². The van der Waals surface area contributed by atoms with Crippen molar-refractivity contribution in [2.24, 2.45) is 0 Å². The molecule has 2 N–H and O–H groups in total. The van der Waals surface area contributed by atoms with Crippen molar-refractivity contribution < 1.29 is 19.1 Å². The largest absolute Gasteiger partial charge is 0.444 e. The Balaban J connectivity index is 1.39. The van der Waals surface area contributed by atoms with E-state index in [1.807, 2.05) is 39.0 Å². The van der Waals surface area contributed by atoms with Gasteiger partial charge in [-0.1, -0.05) is 23.7 Å². The molecule has 0 bridgehead atoms. The summed E-state index contributed by atoms with van der Waals surface area (Å²) in [6.07, 6.45) is 2.62. The van der Waals surface area contributed by atoms with Crippen LogP contribution in [0.25, 0.3) is 0 Å². The number of ketones is 1. The van der Waals surface area contributed by atoms with Gasteiger partial charge in [0, 0.05) is 55.1 Å². The molecule has 0 saturated carbocycles. The molecule has 194 valence electrons. The molecule has 2 aromatic carbocycles. The SMILES string of the molecule is CC(C)(C)OC(=O)N1CCN(Cc2cccc(C(=O)Nc3ccc(Cl)cc3C(=O)c3cn[nH]c3)c2)CC1. The third kappa shape index (κ3) is 6.96. The lowest BCUT2D eigenvalue weighted by atomic mass is 10.0. The van der Waals surface area contributed by atoms with Crippen molar-refractivity contribution in [1.82, 2.24) is 20.0 Å². The molecular formula is C27H30ClN5O4. The second-order valence-corrected chi connectivity index (χ2v) is 10.3. The number of halogens is 1. The number of benzene rings is 2. The van der Waals surface area contributed by atoms with E-state index in [1.54, 1.807) is 23.1 Å². The zero-order valence-electron chi connectivity index (χ0n) is 21.1. The Morgan fingerprint density at radius 2 is 1.81 bits per heavy atom. The van der Waals surface area contributed by atoms with Gasteiger partial charge < -0.3 is 15.0 Å².